The third-order valence-corrected chi connectivity index (χ3v) is 14.2. The van der Waals surface area contributed by atoms with E-state index >= 15 is 0 Å². The number of carbonyl (C=O) groups is 4. The van der Waals surface area contributed by atoms with Crippen molar-refractivity contribution in [3.05, 3.63) is 36.5 Å². The number of aromatic nitrogens is 3. The predicted molar refractivity (Wildman–Crippen MR) is 234 cm³/mol. The molecule has 5 fully saturated rings. The number of carboxylic acid groups (broad SMARTS) is 1. The fourth-order valence-electron chi connectivity index (χ4n) is 10.4. The average molecular weight is 855 g/mol. The predicted octanol–water partition coefficient (Wildman–Crippen LogP) is 7.31. The van der Waals surface area contributed by atoms with Gasteiger partial charge in [0.25, 0.3) is 0 Å². The first-order chi connectivity index (χ1) is 29.6. The highest BCUT2D eigenvalue weighted by Gasteiger charge is 2.61. The number of carbonyl (C=O) groups excluding carboxylic acids is 3. The van der Waals surface area contributed by atoms with Crippen LogP contribution in [-0.2, 0) is 23.9 Å². The van der Waals surface area contributed by atoms with Crippen LogP contribution in [0.3, 0.4) is 0 Å². The van der Waals surface area contributed by atoms with Gasteiger partial charge in [0.05, 0.1) is 35.9 Å². The zero-order valence-corrected chi connectivity index (χ0v) is 37.4. The lowest BCUT2D eigenvalue weighted by atomic mass is 9.77. The van der Waals surface area contributed by atoms with Gasteiger partial charge in [-0.25, -0.2) is 9.67 Å². The quantitative estimate of drug-likeness (QED) is 0.123. The van der Waals surface area contributed by atoms with Gasteiger partial charge in [0.1, 0.15) is 36.1 Å². The number of hydrogen-bond donors (Lipinski definition) is 2. The van der Waals surface area contributed by atoms with Crippen LogP contribution in [0.15, 0.2) is 36.5 Å². The molecule has 3 aliphatic carbocycles. The SMILES string of the molecule is CC[C@@H]1C[C@]1(CC(=O)[C@@H]1CC(Oc2cc(-n3ccc(NC(C)C)n3)nc3cc(OCCN4CCCCC4)ccc23)CN1C(=O)[C@@H](CC(=O)OC1CC2CC2C1)C(C)(C)C)C(=O)O. The summed E-state index contributed by atoms with van der Waals surface area (Å²) in [5.74, 6) is 0.830. The minimum Gasteiger partial charge on any atom is -0.492 e. The third-order valence-electron chi connectivity index (χ3n) is 14.2. The largest absolute Gasteiger partial charge is 0.492 e. The summed E-state index contributed by atoms with van der Waals surface area (Å²) in [6.07, 6.45) is 8.76. The summed E-state index contributed by atoms with van der Waals surface area (Å²) in [5.41, 5.74) is -1.14. The first kappa shape index (κ1) is 43.9. The van der Waals surface area contributed by atoms with Gasteiger partial charge >= 0.3 is 11.9 Å². The highest BCUT2D eigenvalue weighted by Crippen LogP contribution is 2.58. The van der Waals surface area contributed by atoms with Crippen molar-refractivity contribution in [1.29, 1.82) is 0 Å². The van der Waals surface area contributed by atoms with E-state index in [-0.39, 0.29) is 55.6 Å². The second kappa shape index (κ2) is 17.8. The number of anilines is 1. The number of amides is 1. The van der Waals surface area contributed by atoms with Crippen LogP contribution < -0.4 is 14.8 Å². The van der Waals surface area contributed by atoms with Crippen LogP contribution in [0.2, 0.25) is 0 Å². The molecular weight excluding hydrogens is 789 g/mol. The lowest BCUT2D eigenvalue weighted by Gasteiger charge is -2.35. The maximum Gasteiger partial charge on any atom is 0.310 e. The summed E-state index contributed by atoms with van der Waals surface area (Å²) in [7, 11) is 0. The minimum atomic E-state index is -1.13. The number of aliphatic carboxylic acids is 1. The molecule has 5 aliphatic rings. The summed E-state index contributed by atoms with van der Waals surface area (Å²) in [6, 6.07) is 8.70. The Kier molecular flexibility index (Phi) is 12.6. The molecule has 0 spiro atoms. The number of piperidine rings is 1. The maximum atomic E-state index is 14.9. The van der Waals surface area contributed by atoms with Gasteiger partial charge in [0.15, 0.2) is 11.6 Å². The van der Waals surface area contributed by atoms with Gasteiger partial charge in [-0.1, -0.05) is 40.5 Å². The zero-order chi connectivity index (χ0) is 43.9. The summed E-state index contributed by atoms with van der Waals surface area (Å²) < 4.78 is 20.7. The molecule has 1 aromatic carbocycles. The normalized spacial score (nSPS) is 27.5. The molecule has 2 saturated heterocycles. The number of esters is 1. The number of rotatable bonds is 18. The number of likely N-dealkylation sites (tertiary alicyclic amines) is 2. The van der Waals surface area contributed by atoms with E-state index in [2.05, 4.69) is 10.2 Å². The van der Waals surface area contributed by atoms with E-state index in [9.17, 15) is 24.3 Å². The molecule has 3 aromatic rings. The van der Waals surface area contributed by atoms with Crippen molar-refractivity contribution in [2.24, 2.45) is 34.5 Å². The van der Waals surface area contributed by atoms with E-state index in [1.54, 1.807) is 9.58 Å². The van der Waals surface area contributed by atoms with Gasteiger partial charge in [-0.15, -0.1) is 5.10 Å². The monoisotopic (exact) mass is 854 g/mol. The number of benzene rings is 1. The van der Waals surface area contributed by atoms with Crippen molar-refractivity contribution >= 4 is 40.3 Å². The van der Waals surface area contributed by atoms with Crippen molar-refractivity contribution in [1.82, 2.24) is 24.6 Å². The number of nitrogens with one attached hydrogen (secondary N) is 1. The van der Waals surface area contributed by atoms with Crippen molar-refractivity contribution in [3.8, 4) is 17.3 Å². The molecule has 7 atom stereocenters. The fraction of sp³-hybridized carbons (Fsp3) is 0.667. The molecule has 336 valence electrons. The first-order valence-electron chi connectivity index (χ1n) is 23.2. The highest BCUT2D eigenvalue weighted by atomic mass is 16.5. The molecular formula is C48H66N6O8. The molecule has 8 rings (SSSR count). The Morgan fingerprint density at radius 3 is 2.42 bits per heavy atom. The summed E-state index contributed by atoms with van der Waals surface area (Å²) in [6.45, 7) is 15.5. The van der Waals surface area contributed by atoms with E-state index < -0.39 is 40.8 Å². The van der Waals surface area contributed by atoms with Crippen LogP contribution >= 0.6 is 0 Å². The highest BCUT2D eigenvalue weighted by molar-refractivity contribution is 5.95. The molecule has 14 nitrogen and oxygen atoms in total. The maximum absolute atomic E-state index is 14.9. The molecule has 4 heterocycles. The van der Waals surface area contributed by atoms with Crippen LogP contribution in [-0.4, -0.2) is 110 Å². The van der Waals surface area contributed by atoms with Crippen molar-refractivity contribution < 1.29 is 38.5 Å². The first-order valence-corrected chi connectivity index (χ1v) is 23.2. The Hall–Kier alpha value is -4.72. The Bertz CT molecular complexity index is 2130. The Morgan fingerprint density at radius 1 is 0.984 bits per heavy atom. The molecule has 1 amide bonds. The van der Waals surface area contributed by atoms with Gasteiger partial charge in [-0.05, 0) is 101 Å². The molecule has 14 heteroatoms. The summed E-state index contributed by atoms with van der Waals surface area (Å²) in [4.78, 5) is 64.4. The molecule has 62 heavy (non-hydrogen) atoms. The smallest absolute Gasteiger partial charge is 0.310 e. The van der Waals surface area contributed by atoms with Crippen molar-refractivity contribution in [2.45, 2.75) is 136 Å². The third kappa shape index (κ3) is 9.75. The number of ether oxygens (including phenoxy) is 3. The van der Waals surface area contributed by atoms with Crippen LogP contribution in [0.25, 0.3) is 16.7 Å². The number of nitrogens with zero attached hydrogens (tertiary/aromatic N) is 5. The van der Waals surface area contributed by atoms with Crippen molar-refractivity contribution in [3.63, 3.8) is 0 Å². The number of hydrogen-bond acceptors (Lipinski definition) is 11. The van der Waals surface area contributed by atoms with Crippen LogP contribution in [0.1, 0.15) is 112 Å². The number of pyridine rings is 1. The molecule has 3 saturated carbocycles. The molecule has 2 N–H and O–H groups in total. The molecule has 2 aliphatic heterocycles. The van der Waals surface area contributed by atoms with Gasteiger partial charge in [-0.3, -0.25) is 24.1 Å². The molecule has 3 unspecified atom stereocenters. The lowest BCUT2D eigenvalue weighted by molar-refractivity contribution is -0.157. The minimum absolute atomic E-state index is 0.0845. The fourth-order valence-corrected chi connectivity index (χ4v) is 10.4. The lowest BCUT2D eigenvalue weighted by Crippen LogP contribution is -2.48. The van der Waals surface area contributed by atoms with Crippen LogP contribution in [0, 0.1) is 34.5 Å². The van der Waals surface area contributed by atoms with E-state index in [0.717, 1.165) is 37.9 Å². The van der Waals surface area contributed by atoms with Gasteiger partial charge in [-0.2, -0.15) is 0 Å². The standard InChI is InChI=1S/C48H66N6O8/c1-7-32-26-48(32,46(58)59)27-40(55)39-23-35(28-53(39)45(57)37(47(4,5)6)24-44(56)62-34-20-30-19-31(30)21-34)61-41-25-43(54-16-13-42(51-54)49-29(2)3)50-38-22-33(11-12-36(38)41)60-18-17-52-14-9-8-10-15-52/h11-13,16,22,25,29-32,34-35,37,39H,7-10,14-15,17-21,23-24,26-28H2,1-6H3,(H,49,51)(H,58,59)/t30?,31?,32-,34?,35?,37-,39+,48-/m1/s1. The average Bonchev–Trinajstić information content (AvgIpc) is 3.89. The van der Waals surface area contributed by atoms with Crippen LogP contribution in [0.4, 0.5) is 5.82 Å². The van der Waals surface area contributed by atoms with E-state index in [1.807, 2.05) is 78.1 Å². The van der Waals surface area contributed by atoms with Gasteiger partial charge in [0.2, 0.25) is 5.91 Å². The van der Waals surface area contributed by atoms with E-state index in [1.165, 1.54) is 25.7 Å². The molecule has 0 radical (unpaired) electrons. The van der Waals surface area contributed by atoms with E-state index in [0.29, 0.717) is 59.9 Å². The number of Topliss-reactive ketones (excluding diaryl/α,β-unsaturated/α-hetero) is 1. The van der Waals surface area contributed by atoms with Crippen LogP contribution in [0.5, 0.6) is 11.5 Å². The van der Waals surface area contributed by atoms with E-state index in [4.69, 9.17) is 24.3 Å². The second-order valence-corrected chi connectivity index (χ2v) is 20.2. The van der Waals surface area contributed by atoms with Gasteiger partial charge < -0.3 is 29.5 Å². The molecule has 0 bridgehead atoms. The second-order valence-electron chi connectivity index (χ2n) is 20.2. The summed E-state index contributed by atoms with van der Waals surface area (Å²) >= 11 is 0. The number of fused-ring (bicyclic) bond motifs is 2. The number of carboxylic acids is 1. The van der Waals surface area contributed by atoms with Crippen molar-refractivity contribution in [2.75, 3.05) is 38.1 Å². The topological polar surface area (TPSA) is 165 Å². The zero-order valence-electron chi connectivity index (χ0n) is 37.4. The Morgan fingerprint density at radius 2 is 1.74 bits per heavy atom. The van der Waals surface area contributed by atoms with Gasteiger partial charge in [0, 0.05) is 55.2 Å². The molecule has 2 aromatic heterocycles. The Balaban J connectivity index is 1.07. The number of ketones is 1. The Labute approximate surface area is 365 Å². The summed E-state index contributed by atoms with van der Waals surface area (Å²) in [5, 5.41) is 19.1.